The second-order valence-electron chi connectivity index (χ2n) is 2.66. The third kappa shape index (κ3) is 1.49. The summed E-state index contributed by atoms with van der Waals surface area (Å²) >= 11 is 0. The van der Waals surface area contributed by atoms with E-state index >= 15 is 0 Å². The molecule has 0 spiro atoms. The van der Waals surface area contributed by atoms with Crippen LogP contribution in [0.2, 0.25) is 0 Å². The predicted molar refractivity (Wildman–Crippen MR) is 47.3 cm³/mol. The van der Waals surface area contributed by atoms with Crippen LogP contribution >= 0.6 is 0 Å². The van der Waals surface area contributed by atoms with Crippen molar-refractivity contribution in [3.63, 3.8) is 0 Å². The molecule has 0 aliphatic carbocycles. The van der Waals surface area contributed by atoms with Crippen LogP contribution in [0.5, 0.6) is 0 Å². The normalized spacial score (nSPS) is 9.85. The molecule has 13 heavy (non-hydrogen) atoms. The van der Waals surface area contributed by atoms with Crippen LogP contribution in [0, 0.1) is 0 Å². The third-order valence-electron chi connectivity index (χ3n) is 1.79. The molecule has 1 heterocycles. The van der Waals surface area contributed by atoms with E-state index < -0.39 is 0 Å². The number of nitrogens with zero attached hydrogens (tertiary/aromatic N) is 1. The van der Waals surface area contributed by atoms with Gasteiger partial charge in [0.2, 0.25) is 0 Å². The molecule has 0 atom stereocenters. The van der Waals surface area contributed by atoms with E-state index in [9.17, 15) is 4.79 Å². The van der Waals surface area contributed by atoms with Crippen LogP contribution in [0.25, 0.3) is 11.1 Å². The number of rotatable bonds is 2. The van der Waals surface area contributed by atoms with E-state index in [1.54, 1.807) is 24.6 Å². The number of hydrogen-bond acceptors (Lipinski definition) is 3. The zero-order valence-electron chi connectivity index (χ0n) is 6.81. The molecule has 0 aliphatic rings. The van der Waals surface area contributed by atoms with Crippen LogP contribution in [0.15, 0.2) is 41.2 Å². The number of aromatic nitrogens is 1. The Balaban J connectivity index is 2.47. The van der Waals surface area contributed by atoms with Gasteiger partial charge < -0.3 is 4.52 Å². The Morgan fingerprint density at radius 3 is 2.92 bits per heavy atom. The van der Waals surface area contributed by atoms with Crippen molar-refractivity contribution < 1.29 is 9.32 Å². The highest BCUT2D eigenvalue weighted by atomic mass is 16.5. The second kappa shape index (κ2) is 3.23. The molecular formula is C10H7NO2. The van der Waals surface area contributed by atoms with Crippen molar-refractivity contribution in [1.29, 1.82) is 0 Å². The molecule has 64 valence electrons. The first-order valence-corrected chi connectivity index (χ1v) is 3.85. The van der Waals surface area contributed by atoms with Crippen LogP contribution in [0.3, 0.4) is 0 Å². The van der Waals surface area contributed by atoms with Crippen LogP contribution < -0.4 is 0 Å². The van der Waals surface area contributed by atoms with Gasteiger partial charge in [0.15, 0.2) is 0 Å². The van der Waals surface area contributed by atoms with Gasteiger partial charge in [-0.05, 0) is 11.6 Å². The summed E-state index contributed by atoms with van der Waals surface area (Å²) in [5.41, 5.74) is 2.47. The molecule has 2 rings (SSSR count). The van der Waals surface area contributed by atoms with Crippen molar-refractivity contribution in [2.75, 3.05) is 0 Å². The number of benzene rings is 1. The van der Waals surface area contributed by atoms with Gasteiger partial charge in [0, 0.05) is 11.1 Å². The lowest BCUT2D eigenvalue weighted by Gasteiger charge is -1.95. The van der Waals surface area contributed by atoms with Gasteiger partial charge in [-0.2, -0.15) is 0 Å². The highest BCUT2D eigenvalue weighted by molar-refractivity contribution is 5.78. The summed E-state index contributed by atoms with van der Waals surface area (Å²) in [6, 6.07) is 7.27. The molecule has 0 radical (unpaired) electrons. The molecule has 0 bridgehead atoms. The minimum atomic E-state index is 0.652. The van der Waals surface area contributed by atoms with Gasteiger partial charge >= 0.3 is 0 Å². The third-order valence-corrected chi connectivity index (χ3v) is 1.79. The van der Waals surface area contributed by atoms with Crippen molar-refractivity contribution in [3.8, 4) is 11.1 Å². The van der Waals surface area contributed by atoms with E-state index in [2.05, 4.69) is 5.16 Å². The predicted octanol–water partition coefficient (Wildman–Crippen LogP) is 2.15. The minimum absolute atomic E-state index is 0.652. The summed E-state index contributed by atoms with van der Waals surface area (Å²) in [5, 5.41) is 3.59. The lowest BCUT2D eigenvalue weighted by atomic mass is 10.1. The Bertz CT molecular complexity index is 407. The fourth-order valence-corrected chi connectivity index (χ4v) is 1.14. The first kappa shape index (κ1) is 7.73. The van der Waals surface area contributed by atoms with Gasteiger partial charge in [0.1, 0.15) is 12.5 Å². The SMILES string of the molecule is O=Cc1cccc(-c2cnoc2)c1. The molecule has 1 aromatic heterocycles. The molecule has 3 nitrogen and oxygen atoms in total. The lowest BCUT2D eigenvalue weighted by Crippen LogP contribution is -1.80. The van der Waals surface area contributed by atoms with Crippen LogP contribution in [-0.2, 0) is 0 Å². The molecule has 0 fully saturated rings. The van der Waals surface area contributed by atoms with Gasteiger partial charge in [0.05, 0.1) is 6.20 Å². The summed E-state index contributed by atoms with van der Waals surface area (Å²) in [7, 11) is 0. The topological polar surface area (TPSA) is 43.1 Å². The Morgan fingerprint density at radius 2 is 2.23 bits per heavy atom. The molecule has 3 heteroatoms. The highest BCUT2D eigenvalue weighted by Gasteiger charge is 1.99. The minimum Gasteiger partial charge on any atom is -0.364 e. The average Bonchev–Trinajstić information content (AvgIpc) is 2.71. The number of hydrogen-bond donors (Lipinski definition) is 0. The maximum absolute atomic E-state index is 10.5. The summed E-state index contributed by atoms with van der Waals surface area (Å²) in [6.45, 7) is 0. The van der Waals surface area contributed by atoms with Gasteiger partial charge in [-0.1, -0.05) is 23.4 Å². The molecule has 0 aliphatic heterocycles. The first-order chi connectivity index (χ1) is 6.40. The monoisotopic (exact) mass is 173 g/mol. The summed E-state index contributed by atoms with van der Waals surface area (Å²) in [5.74, 6) is 0. The summed E-state index contributed by atoms with van der Waals surface area (Å²) in [4.78, 5) is 10.5. The zero-order valence-corrected chi connectivity index (χ0v) is 6.81. The maximum atomic E-state index is 10.5. The molecular weight excluding hydrogens is 166 g/mol. The molecule has 0 unspecified atom stereocenters. The molecule has 2 aromatic rings. The molecule has 1 aromatic carbocycles. The smallest absolute Gasteiger partial charge is 0.150 e. The van der Waals surface area contributed by atoms with E-state index in [0.717, 1.165) is 17.4 Å². The van der Waals surface area contributed by atoms with Crippen LogP contribution in [0.1, 0.15) is 10.4 Å². The number of aldehydes is 1. The van der Waals surface area contributed by atoms with Gasteiger partial charge in [-0.3, -0.25) is 4.79 Å². The van der Waals surface area contributed by atoms with E-state index in [0.29, 0.717) is 5.56 Å². The molecule has 0 saturated heterocycles. The van der Waals surface area contributed by atoms with E-state index in [1.165, 1.54) is 0 Å². The van der Waals surface area contributed by atoms with Crippen molar-refractivity contribution >= 4 is 6.29 Å². The first-order valence-electron chi connectivity index (χ1n) is 3.85. The fourth-order valence-electron chi connectivity index (χ4n) is 1.14. The largest absolute Gasteiger partial charge is 0.364 e. The quantitative estimate of drug-likeness (QED) is 0.653. The fraction of sp³-hybridized carbons (Fsp3) is 0. The Kier molecular flexibility index (Phi) is 1.92. The van der Waals surface area contributed by atoms with Crippen molar-refractivity contribution in [2.45, 2.75) is 0 Å². The van der Waals surface area contributed by atoms with Crippen molar-refractivity contribution in [1.82, 2.24) is 5.16 Å². The Hall–Kier alpha value is -1.90. The highest BCUT2D eigenvalue weighted by Crippen LogP contribution is 2.18. The zero-order chi connectivity index (χ0) is 9.10. The summed E-state index contributed by atoms with van der Waals surface area (Å²) < 4.78 is 4.70. The average molecular weight is 173 g/mol. The van der Waals surface area contributed by atoms with Crippen LogP contribution in [0.4, 0.5) is 0 Å². The van der Waals surface area contributed by atoms with E-state index in [4.69, 9.17) is 4.52 Å². The Labute approximate surface area is 75.0 Å². The maximum Gasteiger partial charge on any atom is 0.150 e. The van der Waals surface area contributed by atoms with E-state index in [-0.39, 0.29) is 0 Å². The van der Waals surface area contributed by atoms with Crippen molar-refractivity contribution in [2.24, 2.45) is 0 Å². The lowest BCUT2D eigenvalue weighted by molar-refractivity contribution is 0.112. The van der Waals surface area contributed by atoms with Gasteiger partial charge in [-0.25, -0.2) is 0 Å². The van der Waals surface area contributed by atoms with Crippen molar-refractivity contribution in [3.05, 3.63) is 42.3 Å². The Morgan fingerprint density at radius 1 is 1.31 bits per heavy atom. The second-order valence-corrected chi connectivity index (χ2v) is 2.66. The molecule has 0 N–H and O–H groups in total. The number of carbonyl (C=O) groups excluding carboxylic acids is 1. The molecule has 0 saturated carbocycles. The van der Waals surface area contributed by atoms with E-state index in [1.807, 2.05) is 12.1 Å². The van der Waals surface area contributed by atoms with Gasteiger partial charge in [-0.15, -0.1) is 0 Å². The molecule has 0 amide bonds. The summed E-state index contributed by atoms with van der Waals surface area (Å²) in [6.07, 6.45) is 3.98. The van der Waals surface area contributed by atoms with Crippen LogP contribution in [-0.4, -0.2) is 11.4 Å². The number of carbonyl (C=O) groups is 1. The standard InChI is InChI=1S/C10H7NO2/c12-6-8-2-1-3-9(4-8)10-5-11-13-7-10/h1-7H. The van der Waals surface area contributed by atoms with Gasteiger partial charge in [0.25, 0.3) is 0 Å².